The molecule has 0 unspecified atom stereocenters. The van der Waals surface area contributed by atoms with Gasteiger partial charge in [0.2, 0.25) is 11.9 Å². The second-order valence-electron chi connectivity index (χ2n) is 4.77. The van der Waals surface area contributed by atoms with Crippen LogP contribution in [0.5, 0.6) is 0 Å². The van der Waals surface area contributed by atoms with Crippen molar-refractivity contribution in [1.82, 2.24) is 24.7 Å². The van der Waals surface area contributed by atoms with Gasteiger partial charge in [0.05, 0.1) is 30.2 Å². The summed E-state index contributed by atoms with van der Waals surface area (Å²) in [6.45, 7) is 3.59. The van der Waals surface area contributed by atoms with E-state index in [0.29, 0.717) is 17.4 Å². The third-order valence-corrected chi connectivity index (χ3v) is 3.18. The van der Waals surface area contributed by atoms with Gasteiger partial charge >= 0.3 is 0 Å². The topological polar surface area (TPSA) is 98.7 Å². The third-order valence-electron chi connectivity index (χ3n) is 3.18. The summed E-state index contributed by atoms with van der Waals surface area (Å²) in [6.07, 6.45) is 8.28. The predicted molar refractivity (Wildman–Crippen MR) is 77.5 cm³/mol. The first-order valence-electron chi connectivity index (χ1n) is 6.65. The molecular weight excluding hydrogens is 284 g/mol. The molecule has 0 saturated carbocycles. The molecule has 0 spiro atoms. The van der Waals surface area contributed by atoms with Crippen molar-refractivity contribution in [3.8, 4) is 5.95 Å². The number of anilines is 1. The number of aromatic nitrogens is 5. The predicted octanol–water partition coefficient (Wildman–Crippen LogP) is 1.45. The van der Waals surface area contributed by atoms with E-state index in [4.69, 9.17) is 4.52 Å². The van der Waals surface area contributed by atoms with Crippen molar-refractivity contribution in [1.29, 1.82) is 0 Å². The zero-order valence-corrected chi connectivity index (χ0v) is 12.1. The Labute approximate surface area is 126 Å². The maximum Gasteiger partial charge on any atom is 0.234 e. The minimum atomic E-state index is -0.173. The first-order valence-corrected chi connectivity index (χ1v) is 6.65. The molecule has 1 N–H and O–H groups in total. The highest BCUT2D eigenvalue weighted by Crippen LogP contribution is 2.14. The number of hydrogen-bond donors (Lipinski definition) is 1. The van der Waals surface area contributed by atoms with E-state index in [9.17, 15) is 4.79 Å². The number of aryl methyl sites for hydroxylation is 2. The van der Waals surface area contributed by atoms with Gasteiger partial charge in [-0.05, 0) is 13.8 Å². The van der Waals surface area contributed by atoms with E-state index in [0.717, 1.165) is 11.3 Å². The standard InChI is InChI=1S/C14H14N6O2/c1-9-12(10(2)22-19-9)5-13(21)18-11-6-16-14(17-7-11)20-4-3-15-8-20/h3-4,6-8H,5H2,1-2H3,(H,18,21). The van der Waals surface area contributed by atoms with Crippen LogP contribution in [0.25, 0.3) is 5.95 Å². The summed E-state index contributed by atoms with van der Waals surface area (Å²) in [6, 6.07) is 0. The van der Waals surface area contributed by atoms with Gasteiger partial charge < -0.3 is 9.84 Å². The Morgan fingerprint density at radius 2 is 2.09 bits per heavy atom. The fourth-order valence-corrected chi connectivity index (χ4v) is 2.02. The molecule has 3 heterocycles. The van der Waals surface area contributed by atoms with Gasteiger partial charge in [-0.1, -0.05) is 5.16 Å². The van der Waals surface area contributed by atoms with Crippen LogP contribution in [-0.2, 0) is 11.2 Å². The monoisotopic (exact) mass is 298 g/mol. The van der Waals surface area contributed by atoms with E-state index >= 15 is 0 Å². The lowest BCUT2D eigenvalue weighted by molar-refractivity contribution is -0.115. The van der Waals surface area contributed by atoms with E-state index in [1.54, 1.807) is 42.6 Å². The minimum Gasteiger partial charge on any atom is -0.361 e. The molecular formula is C14H14N6O2. The summed E-state index contributed by atoms with van der Waals surface area (Å²) in [5, 5.41) is 6.58. The Bertz CT molecular complexity index is 757. The first-order chi connectivity index (χ1) is 10.6. The Morgan fingerprint density at radius 1 is 1.32 bits per heavy atom. The Morgan fingerprint density at radius 3 is 2.68 bits per heavy atom. The number of nitrogens with one attached hydrogen (secondary N) is 1. The van der Waals surface area contributed by atoms with Gasteiger partial charge in [0.1, 0.15) is 12.1 Å². The van der Waals surface area contributed by atoms with Crippen LogP contribution in [0, 0.1) is 13.8 Å². The highest BCUT2D eigenvalue weighted by molar-refractivity contribution is 5.92. The van der Waals surface area contributed by atoms with Crippen molar-refractivity contribution in [2.24, 2.45) is 0 Å². The van der Waals surface area contributed by atoms with E-state index in [2.05, 4.69) is 25.4 Å². The zero-order valence-electron chi connectivity index (χ0n) is 12.1. The summed E-state index contributed by atoms with van der Waals surface area (Å²) < 4.78 is 6.72. The molecule has 0 bridgehead atoms. The number of hydrogen-bond acceptors (Lipinski definition) is 6. The second kappa shape index (κ2) is 5.76. The van der Waals surface area contributed by atoms with Crippen molar-refractivity contribution in [2.75, 3.05) is 5.32 Å². The molecule has 8 nitrogen and oxygen atoms in total. The number of nitrogens with zero attached hydrogens (tertiary/aromatic N) is 5. The molecule has 3 rings (SSSR count). The van der Waals surface area contributed by atoms with Crippen LogP contribution >= 0.6 is 0 Å². The van der Waals surface area contributed by atoms with Gasteiger partial charge in [-0.15, -0.1) is 0 Å². The van der Waals surface area contributed by atoms with Gasteiger partial charge in [0.15, 0.2) is 0 Å². The van der Waals surface area contributed by atoms with Crippen LogP contribution < -0.4 is 5.32 Å². The van der Waals surface area contributed by atoms with Crippen LogP contribution in [0.2, 0.25) is 0 Å². The molecule has 1 amide bonds. The quantitative estimate of drug-likeness (QED) is 0.782. The Kier molecular flexibility index (Phi) is 3.65. The smallest absolute Gasteiger partial charge is 0.234 e. The fourth-order valence-electron chi connectivity index (χ4n) is 2.02. The maximum atomic E-state index is 12.0. The summed E-state index contributed by atoms with van der Waals surface area (Å²) >= 11 is 0. The number of imidazole rings is 1. The van der Waals surface area contributed by atoms with Crippen LogP contribution in [0.4, 0.5) is 5.69 Å². The molecule has 3 aromatic rings. The lowest BCUT2D eigenvalue weighted by Crippen LogP contribution is -2.15. The van der Waals surface area contributed by atoms with Gasteiger partial charge in [-0.3, -0.25) is 9.36 Å². The summed E-state index contributed by atoms with van der Waals surface area (Å²) in [5.74, 6) is 0.967. The molecule has 0 atom stereocenters. The Hall–Kier alpha value is -3.03. The summed E-state index contributed by atoms with van der Waals surface area (Å²) in [4.78, 5) is 24.3. The third kappa shape index (κ3) is 2.85. The van der Waals surface area contributed by atoms with E-state index < -0.39 is 0 Å². The largest absolute Gasteiger partial charge is 0.361 e. The second-order valence-corrected chi connectivity index (χ2v) is 4.77. The van der Waals surface area contributed by atoms with Crippen molar-refractivity contribution in [3.63, 3.8) is 0 Å². The average Bonchev–Trinajstić information content (AvgIpc) is 3.14. The molecule has 0 aliphatic carbocycles. The molecule has 0 aliphatic rings. The van der Waals surface area contributed by atoms with Crippen LogP contribution in [0.1, 0.15) is 17.0 Å². The molecule has 8 heteroatoms. The molecule has 112 valence electrons. The highest BCUT2D eigenvalue weighted by atomic mass is 16.5. The number of amides is 1. The molecule has 0 fully saturated rings. The fraction of sp³-hybridized carbons (Fsp3) is 0.214. The molecule has 22 heavy (non-hydrogen) atoms. The van der Waals surface area contributed by atoms with Crippen molar-refractivity contribution < 1.29 is 9.32 Å². The molecule has 3 aromatic heterocycles. The van der Waals surface area contributed by atoms with Crippen LogP contribution in [0.3, 0.4) is 0 Å². The van der Waals surface area contributed by atoms with Crippen LogP contribution in [0.15, 0.2) is 35.6 Å². The van der Waals surface area contributed by atoms with Crippen molar-refractivity contribution in [2.45, 2.75) is 20.3 Å². The molecule has 0 aliphatic heterocycles. The van der Waals surface area contributed by atoms with Crippen LogP contribution in [-0.4, -0.2) is 30.6 Å². The minimum absolute atomic E-state index is 0.173. The number of carbonyl (C=O) groups is 1. The lowest BCUT2D eigenvalue weighted by Gasteiger charge is -2.05. The first kappa shape index (κ1) is 13.9. The summed E-state index contributed by atoms with van der Waals surface area (Å²) in [7, 11) is 0. The Balaban J connectivity index is 1.67. The van der Waals surface area contributed by atoms with E-state index in [1.807, 2.05) is 6.92 Å². The number of rotatable bonds is 4. The van der Waals surface area contributed by atoms with E-state index in [1.165, 1.54) is 0 Å². The SMILES string of the molecule is Cc1noc(C)c1CC(=O)Nc1cnc(-n2ccnc2)nc1. The molecule has 0 aromatic carbocycles. The highest BCUT2D eigenvalue weighted by Gasteiger charge is 2.13. The van der Waals surface area contributed by atoms with Gasteiger partial charge in [0, 0.05) is 18.0 Å². The number of carbonyl (C=O) groups excluding carboxylic acids is 1. The van der Waals surface area contributed by atoms with Gasteiger partial charge in [-0.2, -0.15) is 0 Å². The van der Waals surface area contributed by atoms with Gasteiger partial charge in [-0.25, -0.2) is 15.0 Å². The maximum absolute atomic E-state index is 12.0. The van der Waals surface area contributed by atoms with E-state index in [-0.39, 0.29) is 12.3 Å². The molecule has 0 radical (unpaired) electrons. The molecule has 0 saturated heterocycles. The summed E-state index contributed by atoms with van der Waals surface area (Å²) in [5.41, 5.74) is 2.05. The van der Waals surface area contributed by atoms with Crippen molar-refractivity contribution in [3.05, 3.63) is 48.1 Å². The van der Waals surface area contributed by atoms with Crippen molar-refractivity contribution >= 4 is 11.6 Å². The lowest BCUT2D eigenvalue weighted by atomic mass is 10.1. The van der Waals surface area contributed by atoms with Gasteiger partial charge in [0.25, 0.3) is 0 Å². The zero-order chi connectivity index (χ0) is 15.5. The normalized spacial score (nSPS) is 10.6. The average molecular weight is 298 g/mol.